The van der Waals surface area contributed by atoms with Crippen LogP contribution in [-0.2, 0) is 6.73 Å². The Bertz CT molecular complexity index is 920. The minimum atomic E-state index is -2.79. The van der Waals surface area contributed by atoms with Crippen molar-refractivity contribution >= 4 is 11.6 Å². The normalized spacial score (nSPS) is 11.0. The topological polar surface area (TPSA) is 74.0 Å². The van der Waals surface area contributed by atoms with Crippen molar-refractivity contribution in [3.63, 3.8) is 0 Å². The zero-order valence-corrected chi connectivity index (χ0v) is 14.2. The molecule has 1 amide bonds. The van der Waals surface area contributed by atoms with Crippen LogP contribution >= 0.6 is 0 Å². The first-order valence-electron chi connectivity index (χ1n) is 7.79. The minimum absolute atomic E-state index is 0.107. The lowest BCUT2D eigenvalue weighted by Crippen LogP contribution is -2.13. The van der Waals surface area contributed by atoms with Crippen LogP contribution in [0.4, 0.5) is 14.5 Å². The highest BCUT2D eigenvalue weighted by atomic mass is 19.3. The number of anilines is 1. The van der Waals surface area contributed by atoms with Gasteiger partial charge in [-0.15, -0.1) is 0 Å². The van der Waals surface area contributed by atoms with Gasteiger partial charge in [0.15, 0.2) is 12.4 Å². The van der Waals surface area contributed by atoms with Gasteiger partial charge in [0, 0.05) is 6.20 Å². The van der Waals surface area contributed by atoms with Crippen LogP contribution in [0.1, 0.15) is 28.2 Å². The molecule has 0 saturated carbocycles. The number of nitrogens with one attached hydrogen (secondary N) is 1. The van der Waals surface area contributed by atoms with Crippen LogP contribution in [0.25, 0.3) is 0 Å². The summed E-state index contributed by atoms with van der Waals surface area (Å²) in [7, 11) is 0. The van der Waals surface area contributed by atoms with Gasteiger partial charge in [-0.25, -0.2) is 9.36 Å². The second kappa shape index (κ2) is 7.34. The first kappa shape index (κ1) is 17.6. The van der Waals surface area contributed by atoms with Crippen LogP contribution in [-0.4, -0.2) is 25.5 Å². The maximum absolute atomic E-state index is 12.5. The molecule has 0 aliphatic heterocycles. The molecule has 0 unspecified atom stereocenters. The van der Waals surface area contributed by atoms with Crippen LogP contribution in [0.15, 0.2) is 42.9 Å². The molecule has 136 valence electrons. The van der Waals surface area contributed by atoms with Crippen molar-refractivity contribution in [2.75, 3.05) is 5.32 Å². The average molecular weight is 361 g/mol. The number of hydrogen-bond acceptors (Lipinski definition) is 4. The number of carbonyl (C=O) groups excluding carboxylic acids is 1. The van der Waals surface area contributed by atoms with E-state index in [1.54, 1.807) is 6.20 Å². The number of alkyl halides is 2. The van der Waals surface area contributed by atoms with Crippen molar-refractivity contribution in [1.29, 1.82) is 0 Å². The summed E-state index contributed by atoms with van der Waals surface area (Å²) in [6.07, 6.45) is 4.06. The zero-order chi connectivity index (χ0) is 18.7. The number of amides is 1. The predicted octanol–water partition coefficient (Wildman–Crippen LogP) is 3.38. The maximum atomic E-state index is 12.5. The van der Waals surface area contributed by atoms with Crippen molar-refractivity contribution in [1.82, 2.24) is 19.6 Å². The molecule has 3 aromatic rings. The van der Waals surface area contributed by atoms with Gasteiger partial charge in [0.2, 0.25) is 0 Å². The molecule has 9 heteroatoms. The number of hydrogen-bond donors (Lipinski definition) is 1. The summed E-state index contributed by atoms with van der Waals surface area (Å²) in [5.41, 5.74) is 2.46. The van der Waals surface area contributed by atoms with Crippen LogP contribution in [0.5, 0.6) is 5.75 Å². The second-order valence-electron chi connectivity index (χ2n) is 5.72. The molecule has 0 fully saturated rings. The molecule has 0 saturated heterocycles. The lowest BCUT2D eigenvalue weighted by atomic mass is 10.1. The minimum Gasteiger partial charge on any atom is -0.471 e. The molecule has 1 N–H and O–H groups in total. The van der Waals surface area contributed by atoms with Crippen molar-refractivity contribution in [2.24, 2.45) is 0 Å². The van der Waals surface area contributed by atoms with Crippen LogP contribution in [0.3, 0.4) is 0 Å². The van der Waals surface area contributed by atoms with E-state index in [1.165, 1.54) is 16.9 Å². The number of carbonyl (C=O) groups is 1. The summed E-state index contributed by atoms with van der Waals surface area (Å²) in [6, 6.07) is 7.07. The molecule has 0 bridgehead atoms. The van der Waals surface area contributed by atoms with E-state index in [4.69, 9.17) is 4.74 Å². The van der Waals surface area contributed by atoms with Crippen LogP contribution in [0.2, 0.25) is 0 Å². The fourth-order valence-corrected chi connectivity index (χ4v) is 2.36. The summed E-state index contributed by atoms with van der Waals surface area (Å²) < 4.78 is 32.6. The highest BCUT2D eigenvalue weighted by Crippen LogP contribution is 2.19. The Morgan fingerprint density at radius 2 is 2.12 bits per heavy atom. The molecule has 2 aromatic heterocycles. The molecule has 2 heterocycles. The molecular weight excluding hydrogens is 344 g/mol. The number of aromatic nitrogens is 4. The molecule has 0 spiro atoms. The van der Waals surface area contributed by atoms with Crippen molar-refractivity contribution < 1.29 is 18.3 Å². The highest BCUT2D eigenvalue weighted by molar-refractivity contribution is 6.02. The van der Waals surface area contributed by atoms with E-state index < -0.39 is 12.5 Å². The lowest BCUT2D eigenvalue weighted by Gasteiger charge is -2.09. The number of ether oxygens (including phenoxy) is 1. The van der Waals surface area contributed by atoms with Gasteiger partial charge < -0.3 is 10.1 Å². The zero-order valence-electron chi connectivity index (χ0n) is 14.2. The molecule has 0 aliphatic rings. The van der Waals surface area contributed by atoms with Crippen molar-refractivity contribution in [3.05, 3.63) is 59.7 Å². The van der Waals surface area contributed by atoms with Gasteiger partial charge in [-0.1, -0.05) is 17.7 Å². The first-order chi connectivity index (χ1) is 12.4. The van der Waals surface area contributed by atoms with Crippen molar-refractivity contribution in [2.45, 2.75) is 27.1 Å². The van der Waals surface area contributed by atoms with Gasteiger partial charge in [0.1, 0.15) is 5.75 Å². The van der Waals surface area contributed by atoms with Gasteiger partial charge in [0.05, 0.1) is 18.1 Å². The number of benzene rings is 1. The van der Waals surface area contributed by atoms with E-state index in [0.29, 0.717) is 10.4 Å². The third kappa shape index (κ3) is 4.05. The van der Waals surface area contributed by atoms with E-state index in [1.807, 2.05) is 32.0 Å². The summed E-state index contributed by atoms with van der Waals surface area (Å²) in [6.45, 7) is 1.33. The van der Waals surface area contributed by atoms with E-state index in [2.05, 4.69) is 15.5 Å². The van der Waals surface area contributed by atoms with Gasteiger partial charge in [-0.05, 0) is 31.5 Å². The second-order valence-corrected chi connectivity index (χ2v) is 5.72. The van der Waals surface area contributed by atoms with Crippen molar-refractivity contribution in [3.8, 4) is 5.75 Å². The third-order valence-electron chi connectivity index (χ3n) is 3.61. The van der Waals surface area contributed by atoms with E-state index in [0.717, 1.165) is 23.1 Å². The Hall–Kier alpha value is -3.23. The molecular formula is C17H17F2N5O2. The van der Waals surface area contributed by atoms with Gasteiger partial charge in [-0.3, -0.25) is 4.79 Å². The molecule has 0 atom stereocenters. The molecule has 0 radical (unpaired) electrons. The largest absolute Gasteiger partial charge is 0.471 e. The maximum Gasteiger partial charge on any atom is 0.333 e. The van der Waals surface area contributed by atoms with E-state index in [-0.39, 0.29) is 12.4 Å². The molecule has 1 aromatic carbocycles. The Labute approximate surface area is 148 Å². The van der Waals surface area contributed by atoms with Crippen LogP contribution < -0.4 is 10.1 Å². The Morgan fingerprint density at radius 3 is 2.81 bits per heavy atom. The fourth-order valence-electron chi connectivity index (χ4n) is 2.36. The number of nitrogens with zero attached hydrogens (tertiary/aromatic N) is 4. The quantitative estimate of drug-likeness (QED) is 0.730. The Kier molecular flexibility index (Phi) is 4.97. The first-order valence-corrected chi connectivity index (χ1v) is 7.79. The molecule has 0 aliphatic carbocycles. The van der Waals surface area contributed by atoms with E-state index in [9.17, 15) is 13.6 Å². The number of aryl methyl sites for hydroxylation is 2. The summed E-state index contributed by atoms with van der Waals surface area (Å²) >= 11 is 0. The standard InChI is InChI=1S/C17H17F2N5O2/c1-11-3-4-15(12(2)7-11)26-10-23-9-13(8-20-23)21-16(25)14-5-6-24(22-14)17(18)19/h3-9,17H,10H2,1-2H3,(H,21,25). The number of halogens is 2. The predicted molar refractivity (Wildman–Crippen MR) is 90.2 cm³/mol. The van der Waals surface area contributed by atoms with Crippen LogP contribution in [0, 0.1) is 13.8 Å². The Balaban J connectivity index is 1.59. The Morgan fingerprint density at radius 1 is 1.31 bits per heavy atom. The van der Waals surface area contributed by atoms with Gasteiger partial charge in [-0.2, -0.15) is 19.0 Å². The average Bonchev–Trinajstić information content (AvgIpc) is 3.23. The SMILES string of the molecule is Cc1ccc(OCn2cc(NC(=O)c3ccn(C(F)F)n3)cn2)c(C)c1. The molecule has 3 rings (SSSR count). The summed E-state index contributed by atoms with van der Waals surface area (Å²) in [4.78, 5) is 12.0. The fraction of sp³-hybridized carbons (Fsp3) is 0.235. The van der Waals surface area contributed by atoms with E-state index >= 15 is 0 Å². The molecule has 7 nitrogen and oxygen atoms in total. The molecule has 26 heavy (non-hydrogen) atoms. The van der Waals surface area contributed by atoms with Gasteiger partial charge in [0.25, 0.3) is 5.91 Å². The summed E-state index contributed by atoms with van der Waals surface area (Å²) in [5.74, 6) is 0.147. The number of rotatable bonds is 6. The smallest absolute Gasteiger partial charge is 0.333 e. The lowest BCUT2D eigenvalue weighted by molar-refractivity contribution is 0.0561. The third-order valence-corrected chi connectivity index (χ3v) is 3.61. The van der Waals surface area contributed by atoms with Gasteiger partial charge >= 0.3 is 6.55 Å². The highest BCUT2D eigenvalue weighted by Gasteiger charge is 2.14. The summed E-state index contributed by atoms with van der Waals surface area (Å²) in [5, 5.41) is 10.1. The monoisotopic (exact) mass is 361 g/mol.